The number of hydrogen-bond acceptors (Lipinski definition) is 2. The number of rotatable bonds is 8. The highest BCUT2D eigenvalue weighted by Gasteiger charge is 2.26. The number of halogens is 1. The van der Waals surface area contributed by atoms with Gasteiger partial charge in [-0.1, -0.05) is 64.8 Å². The van der Waals surface area contributed by atoms with Crippen LogP contribution in [0.5, 0.6) is 0 Å². The molecule has 2 rings (SSSR count). The molecule has 2 amide bonds. The van der Waals surface area contributed by atoms with Crippen LogP contribution >= 0.6 is 15.9 Å². The monoisotopic (exact) mass is 444 g/mol. The summed E-state index contributed by atoms with van der Waals surface area (Å²) in [6, 6.07) is 15.3. The molecule has 0 aliphatic heterocycles. The van der Waals surface area contributed by atoms with Crippen LogP contribution in [0.2, 0.25) is 0 Å². The van der Waals surface area contributed by atoms with Crippen LogP contribution in [0, 0.1) is 6.92 Å². The van der Waals surface area contributed by atoms with Gasteiger partial charge in [0, 0.05) is 17.1 Å². The van der Waals surface area contributed by atoms with Gasteiger partial charge in [-0.3, -0.25) is 9.59 Å². The van der Waals surface area contributed by atoms with E-state index in [0.29, 0.717) is 6.54 Å². The van der Waals surface area contributed by atoms with Gasteiger partial charge in [-0.2, -0.15) is 0 Å². The maximum atomic E-state index is 13.1. The van der Waals surface area contributed by atoms with Gasteiger partial charge in [0.2, 0.25) is 11.8 Å². The summed E-state index contributed by atoms with van der Waals surface area (Å²) in [5.74, 6) is -0.177. The van der Waals surface area contributed by atoms with E-state index in [-0.39, 0.29) is 24.3 Å². The fourth-order valence-electron chi connectivity index (χ4n) is 2.93. The lowest BCUT2D eigenvalue weighted by molar-refractivity contribution is -0.140. The fourth-order valence-corrected chi connectivity index (χ4v) is 3.20. The van der Waals surface area contributed by atoms with Crippen molar-refractivity contribution in [2.75, 3.05) is 0 Å². The summed E-state index contributed by atoms with van der Waals surface area (Å²) in [4.78, 5) is 27.5. The smallest absolute Gasteiger partial charge is 0.242 e. The summed E-state index contributed by atoms with van der Waals surface area (Å²) in [6.45, 7) is 8.20. The quantitative estimate of drug-likeness (QED) is 0.644. The largest absolute Gasteiger partial charge is 0.352 e. The van der Waals surface area contributed by atoms with E-state index in [0.717, 1.165) is 27.6 Å². The third-order valence-electron chi connectivity index (χ3n) is 4.87. The van der Waals surface area contributed by atoms with Crippen LogP contribution in [-0.2, 0) is 22.6 Å². The van der Waals surface area contributed by atoms with Gasteiger partial charge >= 0.3 is 0 Å². The molecule has 2 aromatic carbocycles. The zero-order valence-electron chi connectivity index (χ0n) is 17.0. The van der Waals surface area contributed by atoms with E-state index in [1.54, 1.807) is 11.8 Å². The number of carbonyl (C=O) groups is 2. The highest BCUT2D eigenvalue weighted by atomic mass is 79.9. The summed E-state index contributed by atoms with van der Waals surface area (Å²) < 4.78 is 0.983. The molecular formula is C23H29BrN2O2. The van der Waals surface area contributed by atoms with Crippen LogP contribution in [-0.4, -0.2) is 28.8 Å². The van der Waals surface area contributed by atoms with Crippen molar-refractivity contribution in [3.63, 3.8) is 0 Å². The molecule has 0 fully saturated rings. The number of aryl methyl sites for hydroxylation is 1. The molecule has 0 bridgehead atoms. The van der Waals surface area contributed by atoms with Crippen molar-refractivity contribution in [1.29, 1.82) is 0 Å². The lowest BCUT2D eigenvalue weighted by Crippen LogP contribution is -2.49. The third-order valence-corrected chi connectivity index (χ3v) is 5.40. The number of amides is 2. The van der Waals surface area contributed by atoms with E-state index in [1.165, 1.54) is 0 Å². The zero-order chi connectivity index (χ0) is 20.7. The molecule has 0 aliphatic carbocycles. The van der Waals surface area contributed by atoms with E-state index in [1.807, 2.05) is 69.3 Å². The van der Waals surface area contributed by atoms with E-state index in [2.05, 4.69) is 21.2 Å². The maximum absolute atomic E-state index is 13.1. The van der Waals surface area contributed by atoms with Crippen molar-refractivity contribution in [3.8, 4) is 0 Å². The standard InChI is InChI=1S/C23H29BrN2O2/c1-5-17(3)25-23(28)18(4)26(15-19-9-11-21(24)12-10-19)22(27)14-20-8-6-7-16(2)13-20/h6-13,17-18H,5,14-15H2,1-4H3,(H,25,28)/t17-,18-/m0/s1. The molecule has 0 saturated heterocycles. The number of nitrogens with one attached hydrogen (secondary N) is 1. The van der Waals surface area contributed by atoms with E-state index >= 15 is 0 Å². The average molecular weight is 445 g/mol. The van der Waals surface area contributed by atoms with Crippen molar-refractivity contribution < 1.29 is 9.59 Å². The Hall–Kier alpha value is -2.14. The molecular weight excluding hydrogens is 416 g/mol. The van der Waals surface area contributed by atoms with Gasteiger partial charge in [0.1, 0.15) is 6.04 Å². The Balaban J connectivity index is 2.22. The Bertz CT molecular complexity index is 805. The van der Waals surface area contributed by atoms with Gasteiger partial charge in [-0.05, 0) is 50.5 Å². The van der Waals surface area contributed by atoms with Crippen LogP contribution < -0.4 is 5.32 Å². The second-order valence-electron chi connectivity index (χ2n) is 7.31. The highest BCUT2D eigenvalue weighted by Crippen LogP contribution is 2.16. The minimum Gasteiger partial charge on any atom is -0.352 e. The zero-order valence-corrected chi connectivity index (χ0v) is 18.6. The molecule has 28 heavy (non-hydrogen) atoms. The Morgan fingerprint density at radius 1 is 1.07 bits per heavy atom. The highest BCUT2D eigenvalue weighted by molar-refractivity contribution is 9.10. The summed E-state index contributed by atoms with van der Waals surface area (Å²) in [5.41, 5.74) is 3.07. The average Bonchev–Trinajstić information content (AvgIpc) is 2.66. The lowest BCUT2D eigenvalue weighted by Gasteiger charge is -2.30. The first kappa shape index (κ1) is 22.2. The van der Waals surface area contributed by atoms with Crippen LogP contribution in [0.4, 0.5) is 0 Å². The van der Waals surface area contributed by atoms with E-state index in [4.69, 9.17) is 0 Å². The maximum Gasteiger partial charge on any atom is 0.242 e. The molecule has 0 unspecified atom stereocenters. The van der Waals surface area contributed by atoms with Crippen LogP contribution in [0.25, 0.3) is 0 Å². The van der Waals surface area contributed by atoms with Crippen molar-refractivity contribution >= 4 is 27.7 Å². The van der Waals surface area contributed by atoms with Crippen molar-refractivity contribution in [1.82, 2.24) is 10.2 Å². The second-order valence-corrected chi connectivity index (χ2v) is 8.22. The number of hydrogen-bond donors (Lipinski definition) is 1. The summed E-state index contributed by atoms with van der Waals surface area (Å²) in [6.07, 6.45) is 1.13. The predicted molar refractivity (Wildman–Crippen MR) is 117 cm³/mol. The van der Waals surface area contributed by atoms with Crippen molar-refractivity contribution in [3.05, 3.63) is 69.7 Å². The fraction of sp³-hybridized carbons (Fsp3) is 0.391. The first-order valence-electron chi connectivity index (χ1n) is 9.70. The van der Waals surface area contributed by atoms with Crippen molar-refractivity contribution in [2.45, 2.75) is 59.2 Å². The lowest BCUT2D eigenvalue weighted by atomic mass is 10.1. The SMILES string of the molecule is CC[C@H](C)NC(=O)[C@H](C)N(Cc1ccc(Br)cc1)C(=O)Cc1cccc(C)c1. The van der Waals surface area contributed by atoms with Crippen LogP contribution in [0.1, 0.15) is 43.9 Å². The molecule has 2 aromatic rings. The molecule has 0 aromatic heterocycles. The van der Waals surface area contributed by atoms with E-state index in [9.17, 15) is 9.59 Å². The first-order valence-corrected chi connectivity index (χ1v) is 10.5. The molecule has 2 atom stereocenters. The summed E-state index contributed by atoms with van der Waals surface area (Å²) >= 11 is 3.43. The minimum atomic E-state index is -0.546. The van der Waals surface area contributed by atoms with Crippen LogP contribution in [0.15, 0.2) is 53.0 Å². The Morgan fingerprint density at radius 2 is 1.75 bits per heavy atom. The third kappa shape index (κ3) is 6.48. The van der Waals surface area contributed by atoms with Gasteiger partial charge in [-0.25, -0.2) is 0 Å². The summed E-state index contributed by atoms with van der Waals surface area (Å²) in [7, 11) is 0. The number of benzene rings is 2. The Morgan fingerprint density at radius 3 is 2.36 bits per heavy atom. The molecule has 0 heterocycles. The molecule has 0 radical (unpaired) electrons. The predicted octanol–water partition coefficient (Wildman–Crippen LogP) is 4.63. The topological polar surface area (TPSA) is 49.4 Å². The Kier molecular flexibility index (Phi) is 8.24. The normalized spacial score (nSPS) is 12.9. The summed E-state index contributed by atoms with van der Waals surface area (Å²) in [5, 5.41) is 2.99. The first-order chi connectivity index (χ1) is 13.3. The second kappa shape index (κ2) is 10.4. The van der Waals surface area contributed by atoms with Gasteiger partial charge in [0.25, 0.3) is 0 Å². The molecule has 5 heteroatoms. The molecule has 0 aliphatic rings. The van der Waals surface area contributed by atoms with Gasteiger partial charge in [-0.15, -0.1) is 0 Å². The Labute approximate surface area is 176 Å². The van der Waals surface area contributed by atoms with Crippen molar-refractivity contribution in [2.24, 2.45) is 0 Å². The van der Waals surface area contributed by atoms with E-state index < -0.39 is 6.04 Å². The van der Waals surface area contributed by atoms with Gasteiger partial charge in [0.15, 0.2) is 0 Å². The molecule has 0 saturated carbocycles. The van der Waals surface area contributed by atoms with Crippen LogP contribution in [0.3, 0.4) is 0 Å². The van der Waals surface area contributed by atoms with Gasteiger partial charge < -0.3 is 10.2 Å². The number of nitrogens with zero attached hydrogens (tertiary/aromatic N) is 1. The molecule has 0 spiro atoms. The molecule has 1 N–H and O–H groups in total. The number of carbonyl (C=O) groups excluding carboxylic acids is 2. The minimum absolute atomic E-state index is 0.0553. The molecule has 4 nitrogen and oxygen atoms in total. The van der Waals surface area contributed by atoms with Gasteiger partial charge in [0.05, 0.1) is 6.42 Å². The molecule has 150 valence electrons.